The number of benzene rings is 1. The van der Waals surface area contributed by atoms with Crippen LogP contribution in [-0.2, 0) is 6.54 Å². The molecule has 5 nitrogen and oxygen atoms in total. The van der Waals surface area contributed by atoms with Gasteiger partial charge in [-0.25, -0.2) is 13.8 Å². The summed E-state index contributed by atoms with van der Waals surface area (Å²) < 4.78 is 26.7. The molecule has 2 aromatic rings. The molecule has 1 aromatic heterocycles. The van der Waals surface area contributed by atoms with Crippen LogP contribution < -0.4 is 16.0 Å². The number of unbranched alkanes of at least 4 members (excludes halogenated alkanes) is 1. The fourth-order valence-corrected chi connectivity index (χ4v) is 2.22. The largest absolute Gasteiger partial charge is 0.370 e. The lowest BCUT2D eigenvalue weighted by Crippen LogP contribution is -2.37. The van der Waals surface area contributed by atoms with Crippen molar-refractivity contribution in [3.05, 3.63) is 59.8 Å². The van der Waals surface area contributed by atoms with E-state index in [2.05, 4.69) is 25.9 Å². The second kappa shape index (κ2) is 12.4. The second-order valence-electron chi connectivity index (χ2n) is 5.44. The summed E-state index contributed by atoms with van der Waals surface area (Å²) in [6, 6.07) is 9.15. The van der Waals surface area contributed by atoms with E-state index < -0.39 is 11.6 Å². The molecule has 8 heteroatoms. The van der Waals surface area contributed by atoms with E-state index in [1.54, 1.807) is 13.2 Å². The Morgan fingerprint density at radius 1 is 1.08 bits per heavy atom. The molecule has 0 amide bonds. The van der Waals surface area contributed by atoms with Gasteiger partial charge in [-0.1, -0.05) is 6.07 Å². The standard InChI is InChI=1S/C18H23F2N5.HI/c1-21-18(25-13-14-12-15(19)7-8-16(14)20)24-11-5-4-10-23-17-6-2-3-9-22-17;/h2-3,6-9,12H,4-5,10-11,13H2,1H3,(H,22,23)(H2,21,24,25);1H. The first-order valence-corrected chi connectivity index (χ1v) is 8.22. The van der Waals surface area contributed by atoms with Crippen LogP contribution in [0, 0.1) is 11.6 Å². The number of hydrogen-bond donors (Lipinski definition) is 3. The van der Waals surface area contributed by atoms with Crippen molar-refractivity contribution in [1.82, 2.24) is 15.6 Å². The highest BCUT2D eigenvalue weighted by Crippen LogP contribution is 2.09. The number of guanidine groups is 1. The quantitative estimate of drug-likeness (QED) is 0.237. The Morgan fingerprint density at radius 3 is 2.62 bits per heavy atom. The maximum atomic E-state index is 13.6. The number of aliphatic imine (C=N–C) groups is 1. The minimum atomic E-state index is -0.457. The predicted molar refractivity (Wildman–Crippen MR) is 112 cm³/mol. The Labute approximate surface area is 169 Å². The third-order valence-electron chi connectivity index (χ3n) is 3.54. The minimum Gasteiger partial charge on any atom is -0.370 e. The van der Waals surface area contributed by atoms with E-state index in [1.807, 2.05) is 18.2 Å². The van der Waals surface area contributed by atoms with Crippen LogP contribution in [0.3, 0.4) is 0 Å². The molecule has 0 aliphatic heterocycles. The third-order valence-corrected chi connectivity index (χ3v) is 3.54. The van der Waals surface area contributed by atoms with Crippen LogP contribution in [0.5, 0.6) is 0 Å². The van der Waals surface area contributed by atoms with E-state index in [1.165, 1.54) is 6.07 Å². The fraction of sp³-hybridized carbons (Fsp3) is 0.333. The van der Waals surface area contributed by atoms with Crippen molar-refractivity contribution < 1.29 is 8.78 Å². The van der Waals surface area contributed by atoms with Crippen LogP contribution >= 0.6 is 24.0 Å². The van der Waals surface area contributed by atoms with Crippen LogP contribution in [0.25, 0.3) is 0 Å². The van der Waals surface area contributed by atoms with E-state index in [4.69, 9.17) is 0 Å². The third kappa shape index (κ3) is 7.94. The summed E-state index contributed by atoms with van der Waals surface area (Å²) >= 11 is 0. The van der Waals surface area contributed by atoms with E-state index >= 15 is 0 Å². The zero-order valence-corrected chi connectivity index (χ0v) is 17.0. The van der Waals surface area contributed by atoms with E-state index in [-0.39, 0.29) is 36.1 Å². The van der Waals surface area contributed by atoms with Crippen LogP contribution in [0.1, 0.15) is 18.4 Å². The van der Waals surface area contributed by atoms with Gasteiger partial charge in [-0.2, -0.15) is 0 Å². The molecule has 142 valence electrons. The van der Waals surface area contributed by atoms with Gasteiger partial charge < -0.3 is 16.0 Å². The number of hydrogen-bond acceptors (Lipinski definition) is 3. The molecular formula is C18H24F2IN5. The zero-order valence-electron chi connectivity index (χ0n) is 14.6. The van der Waals surface area contributed by atoms with Crippen molar-refractivity contribution in [3.8, 4) is 0 Å². The molecule has 0 saturated carbocycles. The van der Waals surface area contributed by atoms with Gasteiger partial charge in [0.2, 0.25) is 0 Å². The molecule has 0 aliphatic carbocycles. The van der Waals surface area contributed by atoms with Gasteiger partial charge in [0.05, 0.1) is 0 Å². The lowest BCUT2D eigenvalue weighted by Gasteiger charge is -2.12. The molecule has 0 bridgehead atoms. The fourth-order valence-electron chi connectivity index (χ4n) is 2.22. The van der Waals surface area contributed by atoms with Crippen molar-refractivity contribution in [2.75, 3.05) is 25.5 Å². The van der Waals surface area contributed by atoms with Gasteiger partial charge in [0.1, 0.15) is 17.5 Å². The van der Waals surface area contributed by atoms with E-state index in [0.717, 1.165) is 43.9 Å². The Bertz CT molecular complexity index is 683. The molecule has 3 N–H and O–H groups in total. The molecule has 0 saturated heterocycles. The summed E-state index contributed by atoms with van der Waals surface area (Å²) in [5.74, 6) is 0.526. The summed E-state index contributed by atoms with van der Waals surface area (Å²) in [7, 11) is 1.64. The number of anilines is 1. The molecule has 0 radical (unpaired) electrons. The number of aromatic nitrogens is 1. The van der Waals surface area contributed by atoms with Gasteiger partial charge >= 0.3 is 0 Å². The summed E-state index contributed by atoms with van der Waals surface area (Å²) in [5, 5.41) is 9.37. The molecule has 0 fully saturated rings. The molecule has 0 spiro atoms. The van der Waals surface area contributed by atoms with Gasteiger partial charge in [-0.15, -0.1) is 24.0 Å². The van der Waals surface area contributed by atoms with Gasteiger partial charge in [0, 0.05) is 38.4 Å². The van der Waals surface area contributed by atoms with Crippen LogP contribution in [-0.4, -0.2) is 31.1 Å². The smallest absolute Gasteiger partial charge is 0.191 e. The lowest BCUT2D eigenvalue weighted by atomic mass is 10.2. The molecule has 0 aliphatic rings. The number of nitrogens with zero attached hydrogens (tertiary/aromatic N) is 2. The molecule has 0 unspecified atom stereocenters. The van der Waals surface area contributed by atoms with Crippen LogP contribution in [0.2, 0.25) is 0 Å². The summed E-state index contributed by atoms with van der Waals surface area (Å²) in [6.45, 7) is 1.74. The summed E-state index contributed by atoms with van der Waals surface area (Å²) in [4.78, 5) is 8.26. The van der Waals surface area contributed by atoms with Gasteiger partial charge in [0.15, 0.2) is 5.96 Å². The van der Waals surface area contributed by atoms with Crippen molar-refractivity contribution >= 4 is 35.8 Å². The molecule has 1 aromatic carbocycles. The minimum absolute atomic E-state index is 0. The van der Waals surface area contributed by atoms with Crippen molar-refractivity contribution in [2.24, 2.45) is 4.99 Å². The highest BCUT2D eigenvalue weighted by atomic mass is 127. The highest BCUT2D eigenvalue weighted by Gasteiger charge is 2.05. The van der Waals surface area contributed by atoms with Gasteiger partial charge in [0.25, 0.3) is 0 Å². The predicted octanol–water partition coefficient (Wildman–Crippen LogP) is 3.54. The average Bonchev–Trinajstić information content (AvgIpc) is 2.64. The number of halogens is 3. The van der Waals surface area contributed by atoms with Gasteiger partial charge in [-0.3, -0.25) is 4.99 Å². The van der Waals surface area contributed by atoms with Crippen LogP contribution in [0.15, 0.2) is 47.6 Å². The molecule has 1 heterocycles. The SMILES string of the molecule is CN=C(NCCCCNc1ccccn1)NCc1cc(F)ccc1F.I. The maximum Gasteiger partial charge on any atom is 0.191 e. The van der Waals surface area contributed by atoms with E-state index in [0.29, 0.717) is 5.96 Å². The first-order valence-electron chi connectivity index (χ1n) is 8.22. The van der Waals surface area contributed by atoms with Crippen molar-refractivity contribution in [1.29, 1.82) is 0 Å². The molecular weight excluding hydrogens is 451 g/mol. The van der Waals surface area contributed by atoms with E-state index in [9.17, 15) is 8.78 Å². The normalized spacial score (nSPS) is 10.8. The highest BCUT2D eigenvalue weighted by molar-refractivity contribution is 14.0. The number of pyridine rings is 1. The average molecular weight is 475 g/mol. The first kappa shape index (κ1) is 22.1. The Balaban J connectivity index is 0.00000338. The first-order chi connectivity index (χ1) is 12.2. The van der Waals surface area contributed by atoms with Gasteiger partial charge in [-0.05, 0) is 43.2 Å². The lowest BCUT2D eigenvalue weighted by molar-refractivity contribution is 0.581. The molecule has 26 heavy (non-hydrogen) atoms. The topological polar surface area (TPSA) is 61.3 Å². The zero-order chi connectivity index (χ0) is 17.9. The van der Waals surface area contributed by atoms with Crippen molar-refractivity contribution in [3.63, 3.8) is 0 Å². The second-order valence-corrected chi connectivity index (χ2v) is 5.44. The summed E-state index contributed by atoms with van der Waals surface area (Å²) in [6.07, 6.45) is 3.66. The summed E-state index contributed by atoms with van der Waals surface area (Å²) in [5.41, 5.74) is 0.266. The van der Waals surface area contributed by atoms with Crippen molar-refractivity contribution in [2.45, 2.75) is 19.4 Å². The Kier molecular flexibility index (Phi) is 10.5. The Morgan fingerprint density at radius 2 is 1.88 bits per heavy atom. The number of rotatable bonds is 8. The molecule has 2 rings (SSSR count). The number of nitrogens with one attached hydrogen (secondary N) is 3. The molecule has 0 atom stereocenters. The van der Waals surface area contributed by atoms with Crippen LogP contribution in [0.4, 0.5) is 14.6 Å². The Hall–Kier alpha value is -1.97. The monoisotopic (exact) mass is 475 g/mol. The maximum absolute atomic E-state index is 13.6.